The summed E-state index contributed by atoms with van der Waals surface area (Å²) in [7, 11) is 0. The number of nitrogens with one attached hydrogen (secondary N) is 1. The fourth-order valence-corrected chi connectivity index (χ4v) is 2.70. The number of hydrogen-bond acceptors (Lipinski definition) is 4. The molecule has 5 nitrogen and oxygen atoms in total. The molecule has 0 bridgehead atoms. The Morgan fingerprint density at radius 1 is 1.04 bits per heavy atom. The predicted octanol–water partition coefficient (Wildman–Crippen LogP) is 4.76. The van der Waals surface area contributed by atoms with Crippen LogP contribution in [0.15, 0.2) is 59.1 Å². The molecule has 118 valence electrons. The number of rotatable bonds is 3. The zero-order valence-electron chi connectivity index (χ0n) is 12.8. The Bertz CT molecular complexity index is 1010. The lowest BCUT2D eigenvalue weighted by Crippen LogP contribution is -1.81. The Morgan fingerprint density at radius 2 is 1.92 bits per heavy atom. The van der Waals surface area contributed by atoms with Crippen LogP contribution in [0.1, 0.15) is 5.56 Å². The van der Waals surface area contributed by atoms with Crippen molar-refractivity contribution >= 4 is 11.6 Å². The third-order valence-corrected chi connectivity index (χ3v) is 3.97. The van der Waals surface area contributed by atoms with E-state index < -0.39 is 0 Å². The summed E-state index contributed by atoms with van der Waals surface area (Å²) in [5.41, 5.74) is 4.53. The molecule has 2 aromatic carbocycles. The first-order valence-corrected chi connectivity index (χ1v) is 7.80. The summed E-state index contributed by atoms with van der Waals surface area (Å²) in [5, 5.41) is 11.9. The van der Waals surface area contributed by atoms with Gasteiger partial charge in [-0.3, -0.25) is 5.10 Å². The van der Waals surface area contributed by atoms with E-state index in [2.05, 4.69) is 20.3 Å². The zero-order chi connectivity index (χ0) is 16.5. The van der Waals surface area contributed by atoms with Gasteiger partial charge >= 0.3 is 0 Å². The van der Waals surface area contributed by atoms with Gasteiger partial charge in [0.15, 0.2) is 0 Å². The van der Waals surface area contributed by atoms with Crippen LogP contribution in [0.25, 0.3) is 34.2 Å². The van der Waals surface area contributed by atoms with Gasteiger partial charge in [0, 0.05) is 16.1 Å². The minimum Gasteiger partial charge on any atom is -0.332 e. The van der Waals surface area contributed by atoms with E-state index in [1.54, 1.807) is 12.1 Å². The highest BCUT2D eigenvalue weighted by Gasteiger charge is 2.14. The molecule has 0 aliphatic rings. The highest BCUT2D eigenvalue weighted by Crippen LogP contribution is 2.27. The summed E-state index contributed by atoms with van der Waals surface area (Å²) in [5.74, 6) is 0.872. The van der Waals surface area contributed by atoms with E-state index in [1.165, 1.54) is 0 Å². The monoisotopic (exact) mass is 336 g/mol. The van der Waals surface area contributed by atoms with Crippen LogP contribution in [-0.4, -0.2) is 20.3 Å². The summed E-state index contributed by atoms with van der Waals surface area (Å²) in [6.07, 6.45) is 0. The molecule has 0 spiro atoms. The van der Waals surface area contributed by atoms with Gasteiger partial charge in [0.2, 0.25) is 5.82 Å². The van der Waals surface area contributed by atoms with Gasteiger partial charge in [0.1, 0.15) is 5.69 Å². The minimum absolute atomic E-state index is 0.386. The number of H-pyrrole nitrogens is 1. The first kappa shape index (κ1) is 14.7. The van der Waals surface area contributed by atoms with Crippen molar-refractivity contribution in [3.05, 3.63) is 65.2 Å². The lowest BCUT2D eigenvalue weighted by Gasteiger charge is -1.99. The first-order chi connectivity index (χ1) is 11.7. The minimum atomic E-state index is 0.386. The van der Waals surface area contributed by atoms with Crippen LogP contribution in [0.5, 0.6) is 0 Å². The van der Waals surface area contributed by atoms with Gasteiger partial charge in [-0.05, 0) is 30.7 Å². The van der Waals surface area contributed by atoms with Crippen LogP contribution in [-0.2, 0) is 0 Å². The average molecular weight is 337 g/mol. The number of hydrogen-bond donors (Lipinski definition) is 1. The molecule has 0 radical (unpaired) electrons. The van der Waals surface area contributed by atoms with Gasteiger partial charge in [-0.1, -0.05) is 53.2 Å². The second kappa shape index (κ2) is 5.94. The van der Waals surface area contributed by atoms with E-state index in [1.807, 2.05) is 49.4 Å². The maximum Gasteiger partial charge on any atom is 0.276 e. The van der Waals surface area contributed by atoms with Gasteiger partial charge in [0.25, 0.3) is 5.89 Å². The van der Waals surface area contributed by atoms with Crippen molar-refractivity contribution in [1.29, 1.82) is 0 Å². The number of aromatic amines is 1. The van der Waals surface area contributed by atoms with Gasteiger partial charge in [0.05, 0.1) is 5.69 Å². The van der Waals surface area contributed by atoms with E-state index in [-0.39, 0.29) is 0 Å². The molecule has 0 saturated heterocycles. The molecule has 4 aromatic rings. The molecule has 0 atom stereocenters. The van der Waals surface area contributed by atoms with Crippen LogP contribution in [0.4, 0.5) is 0 Å². The van der Waals surface area contributed by atoms with Crippen molar-refractivity contribution in [3.8, 4) is 34.2 Å². The van der Waals surface area contributed by atoms with E-state index >= 15 is 0 Å². The quantitative estimate of drug-likeness (QED) is 0.586. The maximum absolute atomic E-state index is 6.00. The number of aryl methyl sites for hydroxylation is 1. The smallest absolute Gasteiger partial charge is 0.276 e. The van der Waals surface area contributed by atoms with Gasteiger partial charge < -0.3 is 4.52 Å². The summed E-state index contributed by atoms with van der Waals surface area (Å²) in [4.78, 5) is 4.41. The van der Waals surface area contributed by atoms with Gasteiger partial charge in [-0.25, -0.2) is 0 Å². The van der Waals surface area contributed by atoms with Crippen molar-refractivity contribution in [3.63, 3.8) is 0 Å². The van der Waals surface area contributed by atoms with Gasteiger partial charge in [-0.2, -0.15) is 10.1 Å². The SMILES string of the molecule is Cc1ccccc1-c1cc(-c2nc(-c3cccc(Cl)c3)no2)[nH]n1. The Morgan fingerprint density at radius 3 is 2.75 bits per heavy atom. The van der Waals surface area contributed by atoms with E-state index in [0.29, 0.717) is 22.4 Å². The average Bonchev–Trinajstić information content (AvgIpc) is 3.25. The second-order valence-corrected chi connectivity index (χ2v) is 5.85. The standard InChI is InChI=1S/C18H13ClN4O/c1-11-5-2-3-8-14(11)15-10-16(22-21-15)18-20-17(23-24-18)12-6-4-7-13(19)9-12/h2-10H,1H3,(H,21,22). The summed E-state index contributed by atoms with van der Waals surface area (Å²) >= 11 is 6.00. The van der Waals surface area contributed by atoms with Crippen molar-refractivity contribution < 1.29 is 4.52 Å². The number of benzene rings is 2. The maximum atomic E-state index is 6.00. The number of aromatic nitrogens is 4. The third kappa shape index (κ3) is 2.70. The largest absolute Gasteiger partial charge is 0.332 e. The predicted molar refractivity (Wildman–Crippen MR) is 92.5 cm³/mol. The Balaban J connectivity index is 1.68. The van der Waals surface area contributed by atoms with Crippen LogP contribution in [0.2, 0.25) is 5.02 Å². The second-order valence-electron chi connectivity index (χ2n) is 5.42. The Hall–Kier alpha value is -2.92. The topological polar surface area (TPSA) is 67.6 Å². The summed E-state index contributed by atoms with van der Waals surface area (Å²) < 4.78 is 5.35. The van der Waals surface area contributed by atoms with Crippen LogP contribution >= 0.6 is 11.6 Å². The molecule has 0 aliphatic carbocycles. The first-order valence-electron chi connectivity index (χ1n) is 7.42. The normalized spacial score (nSPS) is 10.9. The van der Waals surface area contributed by atoms with Crippen molar-refractivity contribution in [2.45, 2.75) is 6.92 Å². The summed E-state index contributed by atoms with van der Waals surface area (Å²) in [6, 6.07) is 17.3. The Kier molecular flexibility index (Phi) is 3.63. The molecule has 2 heterocycles. The van der Waals surface area contributed by atoms with Crippen molar-refractivity contribution in [2.24, 2.45) is 0 Å². The Labute approximate surface area is 143 Å². The lowest BCUT2D eigenvalue weighted by atomic mass is 10.1. The van der Waals surface area contributed by atoms with Crippen LogP contribution in [0.3, 0.4) is 0 Å². The highest BCUT2D eigenvalue weighted by molar-refractivity contribution is 6.30. The van der Waals surface area contributed by atoms with E-state index in [0.717, 1.165) is 22.4 Å². The molecule has 1 N–H and O–H groups in total. The number of nitrogens with zero attached hydrogens (tertiary/aromatic N) is 3. The molecular formula is C18H13ClN4O. The van der Waals surface area contributed by atoms with E-state index in [4.69, 9.17) is 16.1 Å². The zero-order valence-corrected chi connectivity index (χ0v) is 13.6. The third-order valence-electron chi connectivity index (χ3n) is 3.74. The van der Waals surface area contributed by atoms with Crippen LogP contribution < -0.4 is 0 Å². The molecule has 0 saturated carbocycles. The highest BCUT2D eigenvalue weighted by atomic mass is 35.5. The molecule has 0 unspecified atom stereocenters. The molecule has 2 aromatic heterocycles. The fraction of sp³-hybridized carbons (Fsp3) is 0.0556. The van der Waals surface area contributed by atoms with Gasteiger partial charge in [-0.15, -0.1) is 0 Å². The van der Waals surface area contributed by atoms with E-state index in [9.17, 15) is 0 Å². The molecule has 0 aliphatic heterocycles. The molecule has 0 amide bonds. The lowest BCUT2D eigenvalue weighted by molar-refractivity contribution is 0.431. The fourth-order valence-electron chi connectivity index (χ4n) is 2.51. The molecule has 0 fully saturated rings. The molecule has 4 rings (SSSR count). The van der Waals surface area contributed by atoms with Crippen LogP contribution in [0, 0.1) is 6.92 Å². The molecule has 24 heavy (non-hydrogen) atoms. The summed E-state index contributed by atoms with van der Waals surface area (Å²) in [6.45, 7) is 2.05. The molecular weight excluding hydrogens is 324 g/mol. The van der Waals surface area contributed by atoms with Crippen molar-refractivity contribution in [2.75, 3.05) is 0 Å². The molecule has 6 heteroatoms. The van der Waals surface area contributed by atoms with Crippen molar-refractivity contribution in [1.82, 2.24) is 20.3 Å². The number of halogens is 1.